The molecule has 2 heterocycles. The number of benzene rings is 2. The van der Waals surface area contributed by atoms with Crippen LogP contribution in [0.1, 0.15) is 18.4 Å². The summed E-state index contributed by atoms with van der Waals surface area (Å²) in [6.07, 6.45) is 3.28. The fraction of sp³-hybridized carbons (Fsp3) is 0.391. The highest BCUT2D eigenvalue weighted by atomic mass is 16.5. The topological polar surface area (TPSA) is 77.5 Å². The van der Waals surface area contributed by atoms with Gasteiger partial charge in [0.2, 0.25) is 5.95 Å². The lowest BCUT2D eigenvalue weighted by molar-refractivity contribution is 0.120. The fourth-order valence-corrected chi connectivity index (χ4v) is 3.66. The first-order chi connectivity index (χ1) is 14.8. The number of nitrogens with one attached hydrogen (secondary N) is 2. The van der Waals surface area contributed by atoms with E-state index in [1.54, 1.807) is 14.2 Å². The van der Waals surface area contributed by atoms with E-state index in [2.05, 4.69) is 15.6 Å². The van der Waals surface area contributed by atoms with E-state index in [1.165, 1.54) is 0 Å². The van der Waals surface area contributed by atoms with Gasteiger partial charge in [-0.15, -0.1) is 0 Å². The van der Waals surface area contributed by atoms with Gasteiger partial charge in [-0.2, -0.15) is 4.98 Å². The van der Waals surface area contributed by atoms with Crippen LogP contribution < -0.4 is 20.1 Å². The SMILES string of the molecule is COc1ccc(CCNc2nc(NCC3CCCO3)c3ccccc3n2)cc1OC. The Labute approximate surface area is 176 Å². The van der Waals surface area contributed by atoms with Gasteiger partial charge in [0, 0.05) is 25.1 Å². The van der Waals surface area contributed by atoms with Crippen molar-refractivity contribution in [3.05, 3.63) is 48.0 Å². The number of rotatable bonds is 9. The van der Waals surface area contributed by atoms with Crippen LogP contribution >= 0.6 is 0 Å². The Morgan fingerprint density at radius 3 is 2.70 bits per heavy atom. The molecule has 0 bridgehead atoms. The van der Waals surface area contributed by atoms with Gasteiger partial charge >= 0.3 is 0 Å². The van der Waals surface area contributed by atoms with E-state index >= 15 is 0 Å². The van der Waals surface area contributed by atoms with Crippen LogP contribution in [0.4, 0.5) is 11.8 Å². The molecule has 30 heavy (non-hydrogen) atoms. The summed E-state index contributed by atoms with van der Waals surface area (Å²) in [5.41, 5.74) is 2.06. The highest BCUT2D eigenvalue weighted by Gasteiger charge is 2.16. The van der Waals surface area contributed by atoms with Crippen LogP contribution in [0.2, 0.25) is 0 Å². The van der Waals surface area contributed by atoms with Crippen molar-refractivity contribution < 1.29 is 14.2 Å². The molecule has 1 saturated heterocycles. The van der Waals surface area contributed by atoms with E-state index in [-0.39, 0.29) is 6.10 Å². The van der Waals surface area contributed by atoms with Gasteiger partial charge < -0.3 is 24.8 Å². The molecule has 2 aromatic carbocycles. The number of anilines is 2. The molecule has 0 spiro atoms. The monoisotopic (exact) mass is 408 g/mol. The smallest absolute Gasteiger partial charge is 0.225 e. The second-order valence-corrected chi connectivity index (χ2v) is 7.30. The van der Waals surface area contributed by atoms with Gasteiger partial charge in [0.05, 0.1) is 25.8 Å². The van der Waals surface area contributed by atoms with E-state index in [0.717, 1.165) is 66.2 Å². The van der Waals surface area contributed by atoms with E-state index < -0.39 is 0 Å². The lowest BCUT2D eigenvalue weighted by Crippen LogP contribution is -2.19. The third-order valence-electron chi connectivity index (χ3n) is 5.27. The maximum atomic E-state index is 5.73. The fourth-order valence-electron chi connectivity index (χ4n) is 3.66. The Hall–Kier alpha value is -3.06. The van der Waals surface area contributed by atoms with Gasteiger partial charge in [-0.25, -0.2) is 4.98 Å². The molecule has 7 nitrogen and oxygen atoms in total. The van der Waals surface area contributed by atoms with Crippen molar-refractivity contribution >= 4 is 22.7 Å². The minimum atomic E-state index is 0.250. The largest absolute Gasteiger partial charge is 0.493 e. The van der Waals surface area contributed by atoms with Crippen molar-refractivity contribution in [2.75, 3.05) is 44.5 Å². The van der Waals surface area contributed by atoms with Crippen LogP contribution in [0, 0.1) is 0 Å². The molecular formula is C23H28N4O3. The number of methoxy groups -OCH3 is 2. The summed E-state index contributed by atoms with van der Waals surface area (Å²) in [7, 11) is 3.29. The van der Waals surface area contributed by atoms with Crippen molar-refractivity contribution in [1.82, 2.24) is 9.97 Å². The second-order valence-electron chi connectivity index (χ2n) is 7.30. The molecule has 0 saturated carbocycles. The zero-order valence-corrected chi connectivity index (χ0v) is 17.5. The van der Waals surface area contributed by atoms with Gasteiger partial charge in [0.25, 0.3) is 0 Å². The third-order valence-corrected chi connectivity index (χ3v) is 5.27. The van der Waals surface area contributed by atoms with Crippen LogP contribution in [-0.2, 0) is 11.2 Å². The van der Waals surface area contributed by atoms with E-state index in [9.17, 15) is 0 Å². The molecule has 2 N–H and O–H groups in total. The molecule has 1 aromatic heterocycles. The third kappa shape index (κ3) is 4.74. The van der Waals surface area contributed by atoms with Crippen LogP contribution in [0.15, 0.2) is 42.5 Å². The summed E-state index contributed by atoms with van der Waals surface area (Å²) in [4.78, 5) is 9.39. The Balaban J connectivity index is 1.44. The van der Waals surface area contributed by atoms with Crippen LogP contribution in [0.3, 0.4) is 0 Å². The normalized spacial score (nSPS) is 15.9. The Morgan fingerprint density at radius 2 is 1.90 bits per heavy atom. The predicted octanol–water partition coefficient (Wildman–Crippen LogP) is 3.89. The molecule has 4 rings (SSSR count). The summed E-state index contributed by atoms with van der Waals surface area (Å²) < 4.78 is 16.4. The number of nitrogens with zero attached hydrogens (tertiary/aromatic N) is 2. The molecule has 3 aromatic rings. The molecule has 1 atom stereocenters. The Kier molecular flexibility index (Phi) is 6.49. The maximum Gasteiger partial charge on any atom is 0.225 e. The molecule has 1 aliphatic rings. The number of fused-ring (bicyclic) bond motifs is 1. The average molecular weight is 409 g/mol. The number of hydrogen-bond donors (Lipinski definition) is 2. The minimum Gasteiger partial charge on any atom is -0.493 e. The van der Waals surface area contributed by atoms with Crippen LogP contribution in [0.5, 0.6) is 11.5 Å². The number of aromatic nitrogens is 2. The van der Waals surface area contributed by atoms with Crippen LogP contribution in [0.25, 0.3) is 10.9 Å². The first-order valence-electron chi connectivity index (χ1n) is 10.3. The Bertz CT molecular complexity index is 989. The van der Waals surface area contributed by atoms with Crippen molar-refractivity contribution in [3.8, 4) is 11.5 Å². The summed E-state index contributed by atoms with van der Waals surface area (Å²) in [6, 6.07) is 14.0. The summed E-state index contributed by atoms with van der Waals surface area (Å²) in [6.45, 7) is 2.31. The predicted molar refractivity (Wildman–Crippen MR) is 119 cm³/mol. The molecule has 158 valence electrons. The zero-order valence-electron chi connectivity index (χ0n) is 17.5. The summed E-state index contributed by atoms with van der Waals surface area (Å²) in [5, 5.41) is 7.83. The van der Waals surface area contributed by atoms with Crippen LogP contribution in [-0.4, -0.2) is 50.0 Å². The van der Waals surface area contributed by atoms with Crippen molar-refractivity contribution in [3.63, 3.8) is 0 Å². The maximum absolute atomic E-state index is 5.73. The summed E-state index contributed by atoms with van der Waals surface area (Å²) >= 11 is 0. The number of ether oxygens (including phenoxy) is 3. The summed E-state index contributed by atoms with van der Waals surface area (Å²) in [5.74, 6) is 2.92. The first kappa shape index (κ1) is 20.2. The number of para-hydroxylation sites is 1. The first-order valence-corrected chi connectivity index (χ1v) is 10.3. The highest BCUT2D eigenvalue weighted by molar-refractivity contribution is 5.90. The van der Waals surface area contributed by atoms with Gasteiger partial charge in [-0.05, 0) is 49.1 Å². The molecule has 1 fully saturated rings. The Morgan fingerprint density at radius 1 is 1.03 bits per heavy atom. The molecule has 1 aliphatic heterocycles. The molecule has 0 aliphatic carbocycles. The highest BCUT2D eigenvalue weighted by Crippen LogP contribution is 2.28. The lowest BCUT2D eigenvalue weighted by Gasteiger charge is -2.14. The molecule has 0 amide bonds. The average Bonchev–Trinajstić information content (AvgIpc) is 3.31. The van der Waals surface area contributed by atoms with Gasteiger partial charge in [-0.1, -0.05) is 18.2 Å². The van der Waals surface area contributed by atoms with E-state index in [4.69, 9.17) is 19.2 Å². The zero-order chi connectivity index (χ0) is 20.8. The molecule has 7 heteroatoms. The van der Waals surface area contributed by atoms with Gasteiger partial charge in [0.1, 0.15) is 5.82 Å². The molecule has 1 unspecified atom stereocenters. The number of hydrogen-bond acceptors (Lipinski definition) is 7. The van der Waals surface area contributed by atoms with Crippen molar-refractivity contribution in [2.24, 2.45) is 0 Å². The second kappa shape index (κ2) is 9.63. The van der Waals surface area contributed by atoms with Gasteiger partial charge in [-0.3, -0.25) is 0 Å². The lowest BCUT2D eigenvalue weighted by atomic mass is 10.1. The van der Waals surface area contributed by atoms with E-state index in [1.807, 2.05) is 42.5 Å². The molecule has 0 radical (unpaired) electrons. The quantitative estimate of drug-likeness (QED) is 0.556. The van der Waals surface area contributed by atoms with E-state index in [0.29, 0.717) is 12.5 Å². The standard InChI is InChI=1S/C23H28N4O3/c1-28-20-10-9-16(14-21(20)29-2)11-12-24-23-26-19-8-4-3-7-18(19)22(27-23)25-15-17-6-5-13-30-17/h3-4,7-10,14,17H,5-6,11-13,15H2,1-2H3,(H2,24,25,26,27). The van der Waals surface area contributed by atoms with Crippen molar-refractivity contribution in [1.29, 1.82) is 0 Å². The van der Waals surface area contributed by atoms with Crippen molar-refractivity contribution in [2.45, 2.75) is 25.4 Å². The van der Waals surface area contributed by atoms with Gasteiger partial charge in [0.15, 0.2) is 11.5 Å². The molecular weight excluding hydrogens is 380 g/mol. The minimum absolute atomic E-state index is 0.250.